The molecule has 1 atom stereocenters. The number of benzene rings is 1. The van der Waals surface area contributed by atoms with Crippen molar-refractivity contribution in [2.45, 2.75) is 71.8 Å². The van der Waals surface area contributed by atoms with Crippen molar-refractivity contribution >= 4 is 14.0 Å². The highest BCUT2D eigenvalue weighted by Gasteiger charge is 2.17. The third-order valence-corrected chi connectivity index (χ3v) is 9.15. The van der Waals surface area contributed by atoms with Gasteiger partial charge in [0, 0.05) is 6.61 Å². The number of hydrogen-bond acceptors (Lipinski definition) is 2. The quantitative estimate of drug-likeness (QED) is 0.611. The fourth-order valence-corrected chi connectivity index (χ4v) is 7.36. The molecule has 2 rings (SSSR count). The number of rotatable bonds is 9. The third-order valence-electron chi connectivity index (χ3n) is 4.80. The number of ether oxygens (including phenoxy) is 2. The van der Waals surface area contributed by atoms with E-state index in [4.69, 9.17) is 9.47 Å². The average Bonchev–Trinajstić information content (AvgIpc) is 2.55. The van der Waals surface area contributed by atoms with Gasteiger partial charge in [-0.1, -0.05) is 69.2 Å². The van der Waals surface area contributed by atoms with Gasteiger partial charge >= 0.3 is 0 Å². The Kier molecular flexibility index (Phi) is 8.50. The van der Waals surface area contributed by atoms with Gasteiger partial charge in [0.2, 0.25) is 0 Å². The molecule has 3 heteroatoms. The molecule has 1 aliphatic rings. The van der Waals surface area contributed by atoms with E-state index in [1.807, 2.05) is 0 Å². The van der Waals surface area contributed by atoms with Gasteiger partial charge in [-0.25, -0.2) is 0 Å². The molecule has 2 nitrogen and oxygen atoms in total. The Balaban J connectivity index is 1.83. The summed E-state index contributed by atoms with van der Waals surface area (Å²) >= 11 is 0. The van der Waals surface area contributed by atoms with Gasteiger partial charge < -0.3 is 9.47 Å². The minimum Gasteiger partial charge on any atom is -0.353 e. The van der Waals surface area contributed by atoms with E-state index >= 15 is 0 Å². The molecule has 24 heavy (non-hydrogen) atoms. The molecule has 0 spiro atoms. The first kappa shape index (κ1) is 19.7. The lowest BCUT2D eigenvalue weighted by Gasteiger charge is -2.22. The minimum absolute atomic E-state index is 0.0342. The lowest BCUT2D eigenvalue weighted by Crippen LogP contribution is -2.32. The third kappa shape index (κ3) is 7.08. The number of hydrogen-bond donors (Lipinski definition) is 0. The van der Waals surface area contributed by atoms with E-state index in [1.54, 1.807) is 5.19 Å². The summed E-state index contributed by atoms with van der Waals surface area (Å²) < 4.78 is 11.5. The fraction of sp³-hybridized carbons (Fsp3) is 0.714. The molecule has 0 aromatic heterocycles. The van der Waals surface area contributed by atoms with E-state index in [9.17, 15) is 0 Å². The lowest BCUT2D eigenvalue weighted by molar-refractivity contribution is -0.161. The highest BCUT2D eigenvalue weighted by atomic mass is 28.3. The summed E-state index contributed by atoms with van der Waals surface area (Å²) in [5, 5.41) is 1.64. The smallest absolute Gasteiger partial charge is 0.157 e. The summed E-state index contributed by atoms with van der Waals surface area (Å²) in [6.45, 7) is 11.1. The fourth-order valence-electron chi connectivity index (χ4n) is 3.61. The second-order valence-corrected chi connectivity index (χ2v) is 11.1. The molecular formula is C21H36O2Si. The maximum Gasteiger partial charge on any atom is 0.157 e. The molecule has 1 aromatic rings. The minimum atomic E-state index is -0.830. The van der Waals surface area contributed by atoms with Crippen LogP contribution in [0.5, 0.6) is 0 Å². The van der Waals surface area contributed by atoms with Crippen LogP contribution in [0.3, 0.4) is 0 Å². The predicted molar refractivity (Wildman–Crippen MR) is 106 cm³/mol. The zero-order valence-electron chi connectivity index (χ0n) is 16.1. The van der Waals surface area contributed by atoms with Crippen LogP contribution in [-0.4, -0.2) is 28.3 Å². The van der Waals surface area contributed by atoms with Crippen molar-refractivity contribution in [1.29, 1.82) is 0 Å². The molecule has 1 saturated heterocycles. The SMILES string of the molecule is CC(C)C[SiH](CC(C)C)c1ccc(CCOC2CCCCO2)cc1. The predicted octanol–water partition coefficient (Wildman–Crippen LogP) is 4.52. The molecule has 0 bridgehead atoms. The highest BCUT2D eigenvalue weighted by Crippen LogP contribution is 2.16. The van der Waals surface area contributed by atoms with Gasteiger partial charge in [0.15, 0.2) is 6.29 Å². The molecule has 1 aliphatic heterocycles. The van der Waals surface area contributed by atoms with Gasteiger partial charge in [-0.15, -0.1) is 0 Å². The van der Waals surface area contributed by atoms with E-state index in [2.05, 4.69) is 52.0 Å². The maximum absolute atomic E-state index is 5.86. The zero-order valence-corrected chi connectivity index (χ0v) is 17.2. The molecule has 0 aliphatic carbocycles. The molecule has 0 N–H and O–H groups in total. The first-order valence-corrected chi connectivity index (χ1v) is 12.1. The van der Waals surface area contributed by atoms with Gasteiger partial charge in [-0.3, -0.25) is 0 Å². The molecule has 1 unspecified atom stereocenters. The summed E-state index contributed by atoms with van der Waals surface area (Å²) in [6, 6.07) is 12.3. The maximum atomic E-state index is 5.86. The first-order chi connectivity index (χ1) is 11.5. The van der Waals surface area contributed by atoms with E-state index in [0.29, 0.717) is 0 Å². The van der Waals surface area contributed by atoms with Crippen molar-refractivity contribution in [1.82, 2.24) is 0 Å². The summed E-state index contributed by atoms with van der Waals surface area (Å²) in [5.41, 5.74) is 1.39. The largest absolute Gasteiger partial charge is 0.353 e. The van der Waals surface area contributed by atoms with Gasteiger partial charge in [-0.2, -0.15) is 0 Å². The normalized spacial score (nSPS) is 18.7. The molecule has 1 aromatic carbocycles. The topological polar surface area (TPSA) is 18.5 Å². The Morgan fingerprint density at radius 1 is 1.04 bits per heavy atom. The van der Waals surface area contributed by atoms with Crippen LogP contribution in [0.15, 0.2) is 24.3 Å². The van der Waals surface area contributed by atoms with Crippen LogP contribution in [-0.2, 0) is 15.9 Å². The van der Waals surface area contributed by atoms with Gasteiger partial charge in [-0.05, 0) is 43.1 Å². The van der Waals surface area contributed by atoms with Crippen LogP contribution < -0.4 is 5.19 Å². The summed E-state index contributed by atoms with van der Waals surface area (Å²) in [6.07, 6.45) is 4.49. The second kappa shape index (κ2) is 10.4. The van der Waals surface area contributed by atoms with Crippen molar-refractivity contribution in [2.24, 2.45) is 11.8 Å². The van der Waals surface area contributed by atoms with Crippen molar-refractivity contribution in [2.75, 3.05) is 13.2 Å². The van der Waals surface area contributed by atoms with Gasteiger partial charge in [0.25, 0.3) is 0 Å². The molecule has 136 valence electrons. The Bertz CT molecular complexity index is 439. The highest BCUT2D eigenvalue weighted by molar-refractivity contribution is 6.73. The first-order valence-electron chi connectivity index (χ1n) is 9.86. The average molecular weight is 349 g/mol. The second-order valence-electron chi connectivity index (χ2n) is 8.11. The monoisotopic (exact) mass is 348 g/mol. The lowest BCUT2D eigenvalue weighted by atomic mass is 10.1. The Morgan fingerprint density at radius 3 is 2.25 bits per heavy atom. The van der Waals surface area contributed by atoms with Crippen molar-refractivity contribution in [3.63, 3.8) is 0 Å². The molecule has 0 radical (unpaired) electrons. The van der Waals surface area contributed by atoms with E-state index in [0.717, 1.165) is 37.9 Å². The summed E-state index contributed by atoms with van der Waals surface area (Å²) in [4.78, 5) is 0. The Morgan fingerprint density at radius 2 is 1.71 bits per heavy atom. The van der Waals surface area contributed by atoms with Crippen LogP contribution in [0.2, 0.25) is 12.1 Å². The van der Waals surface area contributed by atoms with Crippen molar-refractivity contribution in [3.05, 3.63) is 29.8 Å². The van der Waals surface area contributed by atoms with Gasteiger partial charge in [0.05, 0.1) is 15.4 Å². The molecule has 0 saturated carbocycles. The molecular weight excluding hydrogens is 312 g/mol. The van der Waals surface area contributed by atoms with Crippen molar-refractivity contribution in [3.8, 4) is 0 Å². The van der Waals surface area contributed by atoms with Crippen LogP contribution in [0.25, 0.3) is 0 Å². The Labute approximate surface area is 150 Å². The summed E-state index contributed by atoms with van der Waals surface area (Å²) in [7, 11) is -0.830. The molecule has 1 heterocycles. The van der Waals surface area contributed by atoms with E-state index in [-0.39, 0.29) is 6.29 Å². The van der Waals surface area contributed by atoms with Crippen LogP contribution in [0.4, 0.5) is 0 Å². The molecule has 0 amide bonds. The standard InChI is InChI=1S/C21H36O2Si/c1-17(2)15-24(16-18(3)4)20-10-8-19(9-11-20)12-14-23-21-7-5-6-13-22-21/h8-11,17-18,21,24H,5-7,12-16H2,1-4H3. The van der Waals surface area contributed by atoms with Crippen LogP contribution in [0.1, 0.15) is 52.5 Å². The van der Waals surface area contributed by atoms with E-state index in [1.165, 1.54) is 30.5 Å². The van der Waals surface area contributed by atoms with Crippen LogP contribution in [0, 0.1) is 11.8 Å². The Hall–Kier alpha value is -0.643. The summed E-state index contributed by atoms with van der Waals surface area (Å²) in [5.74, 6) is 1.62. The van der Waals surface area contributed by atoms with E-state index < -0.39 is 8.80 Å². The molecule has 1 fully saturated rings. The zero-order chi connectivity index (χ0) is 17.4. The van der Waals surface area contributed by atoms with Crippen molar-refractivity contribution < 1.29 is 9.47 Å². The van der Waals surface area contributed by atoms with Gasteiger partial charge in [0.1, 0.15) is 0 Å². The van der Waals surface area contributed by atoms with Crippen LogP contribution >= 0.6 is 0 Å².